The molecule has 0 saturated heterocycles. The number of hydrogen-bond acceptors (Lipinski definition) is 5. The van der Waals surface area contributed by atoms with Gasteiger partial charge in [0, 0.05) is 30.9 Å². The molecule has 2 aromatic heterocycles. The number of pyridine rings is 1. The fourth-order valence-electron chi connectivity index (χ4n) is 3.79. The molecule has 1 N–H and O–H groups in total. The highest BCUT2D eigenvalue weighted by Crippen LogP contribution is 2.33. The second-order valence-electron chi connectivity index (χ2n) is 7.83. The van der Waals surface area contributed by atoms with E-state index in [2.05, 4.69) is 26.2 Å². The van der Waals surface area contributed by atoms with Gasteiger partial charge in [-0.3, -0.25) is 10.1 Å². The molecule has 5 aromatic rings. The van der Waals surface area contributed by atoms with E-state index in [0.717, 1.165) is 42.8 Å². The van der Waals surface area contributed by atoms with E-state index in [1.54, 1.807) is 7.11 Å². The average molecular weight is 565 g/mol. The minimum Gasteiger partial charge on any atom is -0.497 e. The summed E-state index contributed by atoms with van der Waals surface area (Å²) >= 11 is 11.0. The minimum atomic E-state index is -0.248. The van der Waals surface area contributed by atoms with Crippen LogP contribution in [0.15, 0.2) is 77.3 Å². The van der Waals surface area contributed by atoms with Gasteiger partial charge in [0.05, 0.1) is 29.6 Å². The van der Waals surface area contributed by atoms with E-state index in [0.29, 0.717) is 21.4 Å². The Balaban J connectivity index is 1.53. The van der Waals surface area contributed by atoms with Crippen LogP contribution in [0, 0.1) is 6.92 Å². The highest BCUT2D eigenvalue weighted by atomic mass is 79.9. The molecule has 0 spiro atoms. The van der Waals surface area contributed by atoms with Gasteiger partial charge in [0.2, 0.25) is 0 Å². The lowest BCUT2D eigenvalue weighted by Crippen LogP contribution is -2.13. The van der Waals surface area contributed by atoms with Crippen molar-refractivity contribution in [1.29, 1.82) is 0 Å². The van der Waals surface area contributed by atoms with Crippen molar-refractivity contribution in [3.05, 3.63) is 92.7 Å². The number of ether oxygens (including phenoxy) is 1. The summed E-state index contributed by atoms with van der Waals surface area (Å²) in [6, 6.07) is 22.6. The number of rotatable bonds is 5. The summed E-state index contributed by atoms with van der Waals surface area (Å²) in [6.45, 7) is 1.98. The predicted octanol–water partition coefficient (Wildman–Crippen LogP) is 8.01. The number of aryl methyl sites for hydroxylation is 1. The SMILES string of the molecule is COc1ccc(-c2cc(C(=O)Nc3nc(-c4ccc(Cl)cc4)c(C)s3)c3cc(Br)ccc3n2)cc1. The monoisotopic (exact) mass is 563 g/mol. The molecule has 0 aliphatic rings. The molecule has 3 aromatic carbocycles. The molecule has 0 bridgehead atoms. The number of amides is 1. The lowest BCUT2D eigenvalue weighted by Gasteiger charge is -2.10. The predicted molar refractivity (Wildman–Crippen MR) is 147 cm³/mol. The van der Waals surface area contributed by atoms with Crippen molar-refractivity contribution in [2.45, 2.75) is 6.92 Å². The third-order valence-electron chi connectivity index (χ3n) is 5.54. The number of methoxy groups -OCH3 is 1. The summed E-state index contributed by atoms with van der Waals surface area (Å²) in [5.41, 5.74) is 4.60. The maximum atomic E-state index is 13.5. The van der Waals surface area contributed by atoms with Crippen LogP contribution in [-0.2, 0) is 0 Å². The van der Waals surface area contributed by atoms with E-state index in [1.807, 2.05) is 79.7 Å². The van der Waals surface area contributed by atoms with E-state index >= 15 is 0 Å². The molecular weight excluding hydrogens is 546 g/mol. The van der Waals surface area contributed by atoms with Gasteiger partial charge in [-0.05, 0) is 67.6 Å². The minimum absolute atomic E-state index is 0.248. The second-order valence-corrected chi connectivity index (χ2v) is 10.4. The molecule has 0 atom stereocenters. The Hall–Kier alpha value is -3.26. The molecule has 2 heterocycles. The van der Waals surface area contributed by atoms with Gasteiger partial charge in [-0.1, -0.05) is 39.7 Å². The Labute approximate surface area is 219 Å². The standard InChI is InChI=1S/C27H19BrClN3O2S/c1-15-25(17-3-8-19(29)9-4-17)31-27(35-15)32-26(33)22-14-24(16-5-10-20(34-2)11-6-16)30-23-12-7-18(28)13-21(22)23/h3-14H,1-2H3,(H,31,32,33). The first-order chi connectivity index (χ1) is 16.9. The number of anilines is 1. The van der Waals surface area contributed by atoms with Crippen molar-refractivity contribution in [3.8, 4) is 28.3 Å². The Bertz CT molecular complexity index is 1550. The summed E-state index contributed by atoms with van der Waals surface area (Å²) in [6.07, 6.45) is 0. The smallest absolute Gasteiger partial charge is 0.258 e. The Morgan fingerprint density at radius 1 is 0.971 bits per heavy atom. The van der Waals surface area contributed by atoms with Gasteiger partial charge in [-0.2, -0.15) is 0 Å². The second kappa shape index (κ2) is 9.77. The quantitative estimate of drug-likeness (QED) is 0.235. The van der Waals surface area contributed by atoms with Gasteiger partial charge in [0.1, 0.15) is 5.75 Å². The van der Waals surface area contributed by atoms with Gasteiger partial charge >= 0.3 is 0 Å². The highest BCUT2D eigenvalue weighted by molar-refractivity contribution is 9.10. The summed E-state index contributed by atoms with van der Waals surface area (Å²) in [7, 11) is 1.63. The molecule has 1 amide bonds. The molecule has 0 fully saturated rings. The van der Waals surface area contributed by atoms with Crippen LogP contribution in [-0.4, -0.2) is 23.0 Å². The molecule has 0 radical (unpaired) electrons. The van der Waals surface area contributed by atoms with E-state index < -0.39 is 0 Å². The first kappa shape index (κ1) is 23.5. The maximum absolute atomic E-state index is 13.5. The van der Waals surface area contributed by atoms with Crippen molar-refractivity contribution in [3.63, 3.8) is 0 Å². The zero-order chi connectivity index (χ0) is 24.5. The van der Waals surface area contributed by atoms with Crippen LogP contribution in [0.5, 0.6) is 5.75 Å². The third kappa shape index (κ3) is 4.93. The first-order valence-electron chi connectivity index (χ1n) is 10.7. The van der Waals surface area contributed by atoms with Gasteiger partial charge in [0.25, 0.3) is 5.91 Å². The third-order valence-corrected chi connectivity index (χ3v) is 7.17. The number of thiazole rings is 1. The number of nitrogens with one attached hydrogen (secondary N) is 1. The zero-order valence-corrected chi connectivity index (χ0v) is 22.0. The van der Waals surface area contributed by atoms with Crippen molar-refractivity contribution >= 4 is 60.8 Å². The molecule has 0 unspecified atom stereocenters. The zero-order valence-electron chi connectivity index (χ0n) is 18.8. The van der Waals surface area contributed by atoms with Gasteiger partial charge in [-0.15, -0.1) is 11.3 Å². The fraction of sp³-hybridized carbons (Fsp3) is 0.0741. The van der Waals surface area contributed by atoms with Crippen LogP contribution in [0.1, 0.15) is 15.2 Å². The van der Waals surface area contributed by atoms with Crippen LogP contribution < -0.4 is 10.1 Å². The number of aromatic nitrogens is 2. The summed E-state index contributed by atoms with van der Waals surface area (Å²) in [5.74, 6) is 0.508. The van der Waals surface area contributed by atoms with Crippen molar-refractivity contribution in [1.82, 2.24) is 9.97 Å². The van der Waals surface area contributed by atoms with Crippen molar-refractivity contribution in [2.75, 3.05) is 12.4 Å². The van der Waals surface area contributed by atoms with Crippen LogP contribution >= 0.6 is 38.9 Å². The summed E-state index contributed by atoms with van der Waals surface area (Å²) in [4.78, 5) is 24.0. The number of fused-ring (bicyclic) bond motifs is 1. The molecule has 35 heavy (non-hydrogen) atoms. The van der Waals surface area contributed by atoms with Gasteiger partial charge < -0.3 is 4.74 Å². The number of benzene rings is 3. The van der Waals surface area contributed by atoms with Crippen LogP contribution in [0.2, 0.25) is 5.02 Å². The van der Waals surface area contributed by atoms with Crippen LogP contribution in [0.3, 0.4) is 0 Å². The molecule has 174 valence electrons. The average Bonchev–Trinajstić information content (AvgIpc) is 3.23. The molecule has 8 heteroatoms. The van der Waals surface area contributed by atoms with Crippen molar-refractivity contribution < 1.29 is 9.53 Å². The molecular formula is C27H19BrClN3O2S. The molecule has 0 aliphatic carbocycles. The lowest BCUT2D eigenvalue weighted by atomic mass is 10.0. The molecule has 0 saturated carbocycles. The fourth-order valence-corrected chi connectivity index (χ4v) is 5.10. The number of halogens is 2. The lowest BCUT2D eigenvalue weighted by molar-refractivity contribution is 0.102. The Morgan fingerprint density at radius 2 is 1.69 bits per heavy atom. The van der Waals surface area contributed by atoms with Gasteiger partial charge in [-0.25, -0.2) is 9.97 Å². The number of carbonyl (C=O) groups is 1. The number of hydrogen-bond donors (Lipinski definition) is 1. The summed E-state index contributed by atoms with van der Waals surface area (Å²) < 4.78 is 6.13. The molecule has 5 nitrogen and oxygen atoms in total. The maximum Gasteiger partial charge on any atom is 0.258 e. The largest absolute Gasteiger partial charge is 0.497 e. The normalized spacial score (nSPS) is 11.0. The van der Waals surface area contributed by atoms with E-state index in [9.17, 15) is 4.79 Å². The van der Waals surface area contributed by atoms with Crippen LogP contribution in [0.25, 0.3) is 33.4 Å². The highest BCUT2D eigenvalue weighted by Gasteiger charge is 2.18. The van der Waals surface area contributed by atoms with Crippen LogP contribution in [0.4, 0.5) is 5.13 Å². The van der Waals surface area contributed by atoms with E-state index in [4.69, 9.17) is 21.3 Å². The Morgan fingerprint density at radius 3 is 2.40 bits per heavy atom. The Kier molecular flexibility index (Phi) is 6.56. The van der Waals surface area contributed by atoms with Crippen molar-refractivity contribution in [2.24, 2.45) is 0 Å². The number of carbonyl (C=O) groups excluding carboxylic acids is 1. The molecule has 5 rings (SSSR count). The first-order valence-corrected chi connectivity index (χ1v) is 12.7. The topological polar surface area (TPSA) is 64.1 Å². The van der Waals surface area contributed by atoms with E-state index in [-0.39, 0.29) is 5.91 Å². The van der Waals surface area contributed by atoms with Gasteiger partial charge in [0.15, 0.2) is 5.13 Å². The summed E-state index contributed by atoms with van der Waals surface area (Å²) in [5, 5.41) is 4.94. The van der Waals surface area contributed by atoms with E-state index in [1.165, 1.54) is 11.3 Å². The number of nitrogens with zero attached hydrogens (tertiary/aromatic N) is 2. The molecule has 0 aliphatic heterocycles.